The standard InChI is InChI=1S/C21H20O6/c1-11(2)17(23)7-13-6-12(4-5-16(13)22)15-10-27-19-9-14(26-3)8-18(24)20(19)21(15)25/h4-6,8-10,22-24H,7H2,1-3H3. The molecular formula is C21H20O6. The zero-order chi connectivity index (χ0) is 19.7. The second-order valence-corrected chi connectivity index (χ2v) is 6.47. The highest BCUT2D eigenvalue weighted by molar-refractivity contribution is 5.88. The van der Waals surface area contributed by atoms with Crippen molar-refractivity contribution in [2.24, 2.45) is 0 Å². The molecule has 0 spiro atoms. The van der Waals surface area contributed by atoms with Crippen molar-refractivity contribution in [3.05, 3.63) is 63.7 Å². The smallest absolute Gasteiger partial charge is 0.204 e. The van der Waals surface area contributed by atoms with Crippen molar-refractivity contribution in [1.29, 1.82) is 0 Å². The quantitative estimate of drug-likeness (QED) is 0.595. The van der Waals surface area contributed by atoms with E-state index >= 15 is 0 Å². The fraction of sp³-hybridized carbons (Fsp3) is 0.190. The van der Waals surface area contributed by atoms with Gasteiger partial charge < -0.3 is 24.5 Å². The lowest BCUT2D eigenvalue weighted by Crippen LogP contribution is -2.05. The fourth-order valence-corrected chi connectivity index (χ4v) is 2.78. The zero-order valence-electron chi connectivity index (χ0n) is 15.2. The average Bonchev–Trinajstić information content (AvgIpc) is 2.63. The molecule has 0 fully saturated rings. The summed E-state index contributed by atoms with van der Waals surface area (Å²) in [6, 6.07) is 7.53. The monoisotopic (exact) mass is 368 g/mol. The predicted octanol–water partition coefficient (Wildman–Crippen LogP) is 4.27. The van der Waals surface area contributed by atoms with Gasteiger partial charge in [-0.3, -0.25) is 4.79 Å². The summed E-state index contributed by atoms with van der Waals surface area (Å²) < 4.78 is 10.6. The van der Waals surface area contributed by atoms with Crippen LogP contribution in [0.15, 0.2) is 57.1 Å². The molecule has 0 amide bonds. The van der Waals surface area contributed by atoms with Crippen LogP contribution in [0.2, 0.25) is 0 Å². The van der Waals surface area contributed by atoms with Crippen molar-refractivity contribution in [1.82, 2.24) is 0 Å². The number of hydrogen-bond acceptors (Lipinski definition) is 6. The Bertz CT molecular complexity index is 1100. The van der Waals surface area contributed by atoms with Crippen LogP contribution >= 0.6 is 0 Å². The van der Waals surface area contributed by atoms with Crippen LogP contribution < -0.4 is 10.2 Å². The van der Waals surface area contributed by atoms with Crippen LogP contribution in [0.1, 0.15) is 19.4 Å². The van der Waals surface area contributed by atoms with E-state index in [0.717, 1.165) is 5.57 Å². The molecule has 2 aromatic carbocycles. The van der Waals surface area contributed by atoms with Crippen LogP contribution in [0.4, 0.5) is 0 Å². The van der Waals surface area contributed by atoms with Crippen LogP contribution in [-0.4, -0.2) is 22.4 Å². The minimum absolute atomic E-state index is 0.0179. The van der Waals surface area contributed by atoms with E-state index in [0.29, 0.717) is 16.9 Å². The van der Waals surface area contributed by atoms with Gasteiger partial charge in [-0.1, -0.05) is 6.07 Å². The SMILES string of the molecule is COc1cc(O)c2c(=O)c(-c3ccc(O)c(CC(O)=C(C)C)c3)coc2c1. The van der Waals surface area contributed by atoms with Crippen molar-refractivity contribution in [3.8, 4) is 28.4 Å². The summed E-state index contributed by atoms with van der Waals surface area (Å²) in [6.07, 6.45) is 1.45. The first-order valence-electron chi connectivity index (χ1n) is 8.32. The number of rotatable bonds is 4. The molecule has 6 nitrogen and oxygen atoms in total. The van der Waals surface area contributed by atoms with Crippen LogP contribution in [0.5, 0.6) is 17.2 Å². The Labute approximate surface area is 155 Å². The summed E-state index contributed by atoms with van der Waals surface area (Å²) in [7, 11) is 1.45. The summed E-state index contributed by atoms with van der Waals surface area (Å²) in [5.41, 5.74) is 1.77. The number of aromatic hydroxyl groups is 2. The Morgan fingerprint density at radius 1 is 1.11 bits per heavy atom. The summed E-state index contributed by atoms with van der Waals surface area (Å²) in [6.45, 7) is 3.54. The van der Waals surface area contributed by atoms with Gasteiger partial charge in [0.05, 0.1) is 18.4 Å². The number of phenolic OH excluding ortho intramolecular Hbond substituents is 2. The minimum Gasteiger partial charge on any atom is -0.512 e. The van der Waals surface area contributed by atoms with Crippen molar-refractivity contribution in [3.63, 3.8) is 0 Å². The van der Waals surface area contributed by atoms with Gasteiger partial charge in [-0.15, -0.1) is 0 Å². The second-order valence-electron chi connectivity index (χ2n) is 6.47. The third-order valence-corrected chi connectivity index (χ3v) is 4.39. The van der Waals surface area contributed by atoms with E-state index in [2.05, 4.69) is 0 Å². The number of allylic oxidation sites excluding steroid dienone is 2. The molecule has 0 saturated heterocycles. The largest absolute Gasteiger partial charge is 0.512 e. The first kappa shape index (κ1) is 18.4. The van der Waals surface area contributed by atoms with E-state index in [1.807, 2.05) is 0 Å². The molecule has 0 saturated carbocycles. The van der Waals surface area contributed by atoms with E-state index in [-0.39, 0.29) is 40.2 Å². The number of fused-ring (bicyclic) bond motifs is 1. The predicted molar refractivity (Wildman–Crippen MR) is 103 cm³/mol. The van der Waals surface area contributed by atoms with Gasteiger partial charge in [0.2, 0.25) is 5.43 Å². The third kappa shape index (κ3) is 3.46. The van der Waals surface area contributed by atoms with Gasteiger partial charge in [-0.25, -0.2) is 0 Å². The topological polar surface area (TPSA) is 100 Å². The van der Waals surface area contributed by atoms with Crippen molar-refractivity contribution >= 4 is 11.0 Å². The Morgan fingerprint density at radius 2 is 1.85 bits per heavy atom. The van der Waals surface area contributed by atoms with Gasteiger partial charge in [0.15, 0.2) is 0 Å². The number of ether oxygens (including phenoxy) is 1. The summed E-state index contributed by atoms with van der Waals surface area (Å²) in [5, 5.41) is 30.3. The molecule has 0 bridgehead atoms. The molecule has 27 heavy (non-hydrogen) atoms. The molecule has 1 heterocycles. The highest BCUT2D eigenvalue weighted by Crippen LogP contribution is 2.31. The highest BCUT2D eigenvalue weighted by atomic mass is 16.5. The highest BCUT2D eigenvalue weighted by Gasteiger charge is 2.16. The molecule has 0 aliphatic carbocycles. The first-order valence-corrected chi connectivity index (χ1v) is 8.32. The lowest BCUT2D eigenvalue weighted by atomic mass is 9.99. The lowest BCUT2D eigenvalue weighted by Gasteiger charge is -2.10. The maximum Gasteiger partial charge on any atom is 0.204 e. The van der Waals surface area contributed by atoms with Gasteiger partial charge in [0, 0.05) is 24.1 Å². The summed E-state index contributed by atoms with van der Waals surface area (Å²) >= 11 is 0. The molecule has 1 aromatic heterocycles. The molecule has 6 heteroatoms. The van der Waals surface area contributed by atoms with E-state index < -0.39 is 5.43 Å². The minimum atomic E-state index is -0.403. The average molecular weight is 368 g/mol. The number of benzene rings is 2. The Morgan fingerprint density at radius 3 is 2.52 bits per heavy atom. The fourth-order valence-electron chi connectivity index (χ4n) is 2.78. The number of methoxy groups -OCH3 is 1. The van der Waals surface area contributed by atoms with Gasteiger partial charge in [0.1, 0.15) is 34.5 Å². The van der Waals surface area contributed by atoms with E-state index in [9.17, 15) is 20.1 Å². The zero-order valence-corrected chi connectivity index (χ0v) is 15.2. The second kappa shape index (κ2) is 7.07. The third-order valence-electron chi connectivity index (χ3n) is 4.39. The molecule has 0 atom stereocenters. The van der Waals surface area contributed by atoms with E-state index in [1.54, 1.807) is 26.0 Å². The molecule has 140 valence electrons. The number of aliphatic hydroxyl groups is 1. The van der Waals surface area contributed by atoms with E-state index in [1.165, 1.54) is 31.6 Å². The Kier molecular flexibility index (Phi) is 4.81. The lowest BCUT2D eigenvalue weighted by molar-refractivity contribution is 0.387. The molecule has 0 aliphatic heterocycles. The molecule has 0 radical (unpaired) electrons. The maximum absolute atomic E-state index is 12.9. The molecule has 3 aromatic rings. The summed E-state index contributed by atoms with van der Waals surface area (Å²) in [5.74, 6) is 0.309. The summed E-state index contributed by atoms with van der Waals surface area (Å²) in [4.78, 5) is 12.9. The number of hydrogen-bond donors (Lipinski definition) is 3. The molecule has 0 aliphatic rings. The van der Waals surface area contributed by atoms with Crippen LogP contribution in [0.3, 0.4) is 0 Å². The van der Waals surface area contributed by atoms with Gasteiger partial charge in [-0.05, 0) is 37.1 Å². The molecule has 3 N–H and O–H groups in total. The van der Waals surface area contributed by atoms with Crippen molar-refractivity contribution in [2.75, 3.05) is 7.11 Å². The Balaban J connectivity index is 2.16. The van der Waals surface area contributed by atoms with Crippen LogP contribution in [0.25, 0.3) is 22.1 Å². The first-order chi connectivity index (χ1) is 12.8. The molecular weight excluding hydrogens is 348 g/mol. The van der Waals surface area contributed by atoms with Gasteiger partial charge in [-0.2, -0.15) is 0 Å². The number of phenols is 2. The van der Waals surface area contributed by atoms with Gasteiger partial charge in [0.25, 0.3) is 0 Å². The number of aliphatic hydroxyl groups excluding tert-OH is 1. The molecule has 0 unspecified atom stereocenters. The van der Waals surface area contributed by atoms with Crippen LogP contribution in [-0.2, 0) is 6.42 Å². The van der Waals surface area contributed by atoms with Crippen LogP contribution in [0, 0.1) is 0 Å². The normalized spacial score (nSPS) is 10.8. The molecule has 3 rings (SSSR count). The van der Waals surface area contributed by atoms with Crippen molar-refractivity contribution < 1.29 is 24.5 Å². The van der Waals surface area contributed by atoms with Gasteiger partial charge >= 0.3 is 0 Å². The van der Waals surface area contributed by atoms with Crippen molar-refractivity contribution in [2.45, 2.75) is 20.3 Å². The maximum atomic E-state index is 12.9. The van der Waals surface area contributed by atoms with E-state index in [4.69, 9.17) is 9.15 Å². The Hall–Kier alpha value is -3.41.